The van der Waals surface area contributed by atoms with Gasteiger partial charge in [0.1, 0.15) is 0 Å². The number of hydrogen-bond donors (Lipinski definition) is 1. The maximum atomic E-state index is 12.0. The molecule has 0 saturated carbocycles. The summed E-state index contributed by atoms with van der Waals surface area (Å²) in [6, 6.07) is 0. The van der Waals surface area contributed by atoms with E-state index in [2.05, 4.69) is 19.2 Å². The Morgan fingerprint density at radius 3 is 1.70 bits per heavy atom. The van der Waals surface area contributed by atoms with Crippen molar-refractivity contribution in [2.24, 2.45) is 5.92 Å². The van der Waals surface area contributed by atoms with Crippen molar-refractivity contribution in [3.05, 3.63) is 0 Å². The van der Waals surface area contributed by atoms with Crippen LogP contribution in [0.15, 0.2) is 0 Å². The number of rotatable bonds is 20. The predicted octanol–water partition coefficient (Wildman–Crippen LogP) is 6.06. The molecule has 1 unspecified atom stereocenters. The van der Waals surface area contributed by atoms with Crippen LogP contribution in [-0.2, 0) is 14.3 Å². The molecule has 0 saturated heterocycles. The van der Waals surface area contributed by atoms with Gasteiger partial charge in [-0.2, -0.15) is 0 Å². The molecule has 0 aromatic heterocycles. The first-order valence-corrected chi connectivity index (χ1v) is 12.5. The molecular formula is C25H50N2O3. The number of esters is 1. The van der Waals surface area contributed by atoms with Crippen molar-refractivity contribution < 1.29 is 14.3 Å². The summed E-state index contributed by atoms with van der Waals surface area (Å²) in [5, 5.41) is 2.82. The molecule has 5 heteroatoms. The second-order valence-corrected chi connectivity index (χ2v) is 9.37. The van der Waals surface area contributed by atoms with E-state index in [0.29, 0.717) is 12.8 Å². The molecular weight excluding hydrogens is 376 g/mol. The molecule has 1 N–H and O–H groups in total. The van der Waals surface area contributed by atoms with E-state index in [1.165, 1.54) is 70.6 Å². The lowest BCUT2D eigenvalue weighted by atomic mass is 10.0. The zero-order valence-electron chi connectivity index (χ0n) is 20.6. The van der Waals surface area contributed by atoms with Crippen LogP contribution in [0.25, 0.3) is 0 Å². The van der Waals surface area contributed by atoms with E-state index in [-0.39, 0.29) is 18.4 Å². The third-order valence-electron chi connectivity index (χ3n) is 5.35. The van der Waals surface area contributed by atoms with Gasteiger partial charge in [0.05, 0.1) is 6.54 Å². The van der Waals surface area contributed by atoms with Crippen LogP contribution >= 0.6 is 0 Å². The summed E-state index contributed by atoms with van der Waals surface area (Å²) >= 11 is 0. The van der Waals surface area contributed by atoms with Gasteiger partial charge < -0.3 is 10.1 Å². The standard InChI is InChI=1S/C25H50N2O3/c1-6-24(30-25(29)21-27(4)5)26-23(28)20-18-16-14-12-10-8-7-9-11-13-15-17-19-22(2)3/h22,24H,6-21H2,1-5H3,(H,26,28). The summed E-state index contributed by atoms with van der Waals surface area (Å²) in [6.45, 7) is 6.75. The SMILES string of the molecule is CCC(NC(=O)CCCCCCCCCCCCCCC(C)C)OC(=O)CN(C)C. The third-order valence-corrected chi connectivity index (χ3v) is 5.35. The minimum Gasteiger partial charge on any atom is -0.441 e. The van der Waals surface area contributed by atoms with Gasteiger partial charge in [-0.15, -0.1) is 0 Å². The van der Waals surface area contributed by atoms with Crippen molar-refractivity contribution in [2.75, 3.05) is 20.6 Å². The van der Waals surface area contributed by atoms with Crippen LogP contribution in [0.2, 0.25) is 0 Å². The number of unbranched alkanes of at least 4 members (excludes halogenated alkanes) is 11. The van der Waals surface area contributed by atoms with Crippen molar-refractivity contribution >= 4 is 11.9 Å². The molecule has 0 aromatic rings. The van der Waals surface area contributed by atoms with Crippen molar-refractivity contribution in [3.8, 4) is 0 Å². The van der Waals surface area contributed by atoms with Crippen LogP contribution in [-0.4, -0.2) is 43.6 Å². The number of nitrogens with one attached hydrogen (secondary N) is 1. The summed E-state index contributed by atoms with van der Waals surface area (Å²) < 4.78 is 5.30. The van der Waals surface area contributed by atoms with Crippen LogP contribution in [0.5, 0.6) is 0 Å². The van der Waals surface area contributed by atoms with Gasteiger partial charge in [-0.1, -0.05) is 97.8 Å². The van der Waals surface area contributed by atoms with E-state index >= 15 is 0 Å². The van der Waals surface area contributed by atoms with Gasteiger partial charge in [0, 0.05) is 12.8 Å². The van der Waals surface area contributed by atoms with Crippen molar-refractivity contribution in [3.63, 3.8) is 0 Å². The monoisotopic (exact) mass is 426 g/mol. The number of carbonyl (C=O) groups excluding carboxylic acids is 2. The van der Waals surface area contributed by atoms with E-state index in [9.17, 15) is 9.59 Å². The van der Waals surface area contributed by atoms with Gasteiger partial charge in [-0.05, 0) is 26.4 Å². The van der Waals surface area contributed by atoms with E-state index in [1.807, 2.05) is 21.0 Å². The summed E-state index contributed by atoms with van der Waals surface area (Å²) in [6.07, 6.45) is 17.5. The number of amides is 1. The van der Waals surface area contributed by atoms with Crippen molar-refractivity contribution in [1.29, 1.82) is 0 Å². The van der Waals surface area contributed by atoms with E-state index < -0.39 is 6.23 Å². The molecule has 0 fully saturated rings. The van der Waals surface area contributed by atoms with Gasteiger partial charge in [0.2, 0.25) is 5.91 Å². The van der Waals surface area contributed by atoms with Gasteiger partial charge in [0.15, 0.2) is 6.23 Å². The maximum absolute atomic E-state index is 12.0. The molecule has 1 atom stereocenters. The highest BCUT2D eigenvalue weighted by Gasteiger charge is 2.15. The Morgan fingerprint density at radius 2 is 1.27 bits per heavy atom. The first kappa shape index (κ1) is 28.9. The predicted molar refractivity (Wildman–Crippen MR) is 126 cm³/mol. The van der Waals surface area contributed by atoms with Crippen LogP contribution < -0.4 is 5.32 Å². The van der Waals surface area contributed by atoms with Crippen molar-refractivity contribution in [1.82, 2.24) is 10.2 Å². The van der Waals surface area contributed by atoms with E-state index in [0.717, 1.165) is 18.8 Å². The smallest absolute Gasteiger partial charge is 0.322 e. The lowest BCUT2D eigenvalue weighted by Crippen LogP contribution is -2.39. The molecule has 1 amide bonds. The molecule has 0 heterocycles. The molecule has 0 spiro atoms. The Balaban J connectivity index is 3.48. The number of hydrogen-bond acceptors (Lipinski definition) is 4. The Kier molecular flexibility index (Phi) is 19.1. The number of likely N-dealkylation sites (N-methyl/N-ethyl adjacent to an activating group) is 1. The molecule has 0 radical (unpaired) electrons. The first-order chi connectivity index (χ1) is 14.3. The molecule has 30 heavy (non-hydrogen) atoms. The van der Waals surface area contributed by atoms with Crippen molar-refractivity contribution in [2.45, 2.75) is 123 Å². The van der Waals surface area contributed by atoms with Crippen LogP contribution in [0.1, 0.15) is 117 Å². The second kappa shape index (κ2) is 19.8. The minimum absolute atomic E-state index is 0.0205. The molecule has 5 nitrogen and oxygen atoms in total. The zero-order chi connectivity index (χ0) is 22.6. The molecule has 0 bridgehead atoms. The molecule has 0 aliphatic carbocycles. The summed E-state index contributed by atoms with van der Waals surface area (Å²) in [5.74, 6) is 0.525. The minimum atomic E-state index is -0.514. The Bertz CT molecular complexity index is 425. The average Bonchev–Trinajstić information content (AvgIpc) is 2.66. The molecule has 0 aliphatic heterocycles. The Morgan fingerprint density at radius 1 is 0.800 bits per heavy atom. The first-order valence-electron chi connectivity index (χ1n) is 12.5. The number of carbonyl (C=O) groups is 2. The highest BCUT2D eigenvalue weighted by Crippen LogP contribution is 2.14. The van der Waals surface area contributed by atoms with E-state index in [1.54, 1.807) is 4.90 Å². The molecule has 0 rings (SSSR count). The second-order valence-electron chi connectivity index (χ2n) is 9.37. The largest absolute Gasteiger partial charge is 0.441 e. The zero-order valence-corrected chi connectivity index (χ0v) is 20.6. The van der Waals surface area contributed by atoms with Crippen LogP contribution in [0, 0.1) is 5.92 Å². The average molecular weight is 427 g/mol. The normalized spacial score (nSPS) is 12.4. The summed E-state index contributed by atoms with van der Waals surface area (Å²) in [5.41, 5.74) is 0. The lowest BCUT2D eigenvalue weighted by Gasteiger charge is -2.19. The maximum Gasteiger partial charge on any atom is 0.322 e. The highest BCUT2D eigenvalue weighted by molar-refractivity contribution is 5.77. The lowest BCUT2D eigenvalue weighted by molar-refractivity contribution is -0.153. The van der Waals surface area contributed by atoms with Gasteiger partial charge in [0.25, 0.3) is 0 Å². The Hall–Kier alpha value is -1.10. The topological polar surface area (TPSA) is 58.6 Å². The third kappa shape index (κ3) is 20.2. The van der Waals surface area contributed by atoms with Crippen LogP contribution in [0.4, 0.5) is 0 Å². The summed E-state index contributed by atoms with van der Waals surface area (Å²) in [7, 11) is 3.63. The fourth-order valence-corrected chi connectivity index (χ4v) is 3.53. The fraction of sp³-hybridized carbons (Fsp3) is 0.920. The number of ether oxygens (including phenoxy) is 1. The van der Waals surface area contributed by atoms with E-state index in [4.69, 9.17) is 4.74 Å². The molecule has 0 aliphatic rings. The quantitative estimate of drug-likeness (QED) is 0.146. The fourth-order valence-electron chi connectivity index (χ4n) is 3.53. The molecule has 178 valence electrons. The van der Waals surface area contributed by atoms with Gasteiger partial charge >= 0.3 is 5.97 Å². The summed E-state index contributed by atoms with van der Waals surface area (Å²) in [4.78, 5) is 25.5. The van der Waals surface area contributed by atoms with Crippen LogP contribution in [0.3, 0.4) is 0 Å². The highest BCUT2D eigenvalue weighted by atomic mass is 16.6. The van der Waals surface area contributed by atoms with Gasteiger partial charge in [-0.25, -0.2) is 0 Å². The Labute approximate surface area is 186 Å². The molecule has 0 aromatic carbocycles. The van der Waals surface area contributed by atoms with Gasteiger partial charge in [-0.3, -0.25) is 14.5 Å². The number of nitrogens with zero attached hydrogens (tertiary/aromatic N) is 1.